The van der Waals surface area contributed by atoms with E-state index in [2.05, 4.69) is 14.3 Å². The average Bonchev–Trinajstić information content (AvgIpc) is 3.24. The first-order chi connectivity index (χ1) is 15.2. The molecule has 2 N–H and O–H groups in total. The Labute approximate surface area is 194 Å². The Morgan fingerprint density at radius 1 is 1.25 bits per heavy atom. The summed E-state index contributed by atoms with van der Waals surface area (Å²) < 4.78 is 33.0. The van der Waals surface area contributed by atoms with Gasteiger partial charge in [0.2, 0.25) is 0 Å². The van der Waals surface area contributed by atoms with E-state index in [1.165, 1.54) is 18.2 Å². The molecule has 0 saturated heterocycles. The number of sulfone groups is 1. The Hall–Kier alpha value is -3.08. The maximum Gasteiger partial charge on any atom is 0.354 e. The zero-order valence-corrected chi connectivity index (χ0v) is 19.5. The zero-order chi connectivity index (χ0) is 23.3. The number of aromatic nitrogens is 2. The zero-order valence-electron chi connectivity index (χ0n) is 17.1. The highest BCUT2D eigenvalue weighted by atomic mass is 35.5. The molecular weight excluding hydrogens is 472 g/mol. The van der Waals surface area contributed by atoms with Crippen LogP contribution in [0.25, 0.3) is 11.4 Å². The van der Waals surface area contributed by atoms with Crippen molar-refractivity contribution in [3.05, 3.63) is 70.3 Å². The number of hydrogen-bond donors (Lipinski definition) is 1. The van der Waals surface area contributed by atoms with Crippen LogP contribution in [0.2, 0.25) is 5.02 Å². The van der Waals surface area contributed by atoms with Gasteiger partial charge in [-0.2, -0.15) is 4.37 Å². The van der Waals surface area contributed by atoms with Gasteiger partial charge in [-0.25, -0.2) is 23.2 Å². The van der Waals surface area contributed by atoms with Crippen LogP contribution in [0, 0.1) is 0 Å². The largest absolute Gasteiger partial charge is 0.461 e. The van der Waals surface area contributed by atoms with Crippen molar-refractivity contribution in [2.45, 2.75) is 11.8 Å². The van der Waals surface area contributed by atoms with Gasteiger partial charge < -0.3 is 10.5 Å². The first-order valence-corrected chi connectivity index (χ1v) is 12.4. The normalized spacial score (nSPS) is 12.6. The Morgan fingerprint density at radius 2 is 2.00 bits per heavy atom. The molecule has 1 aromatic heterocycles. The maximum absolute atomic E-state index is 12.0. The average molecular weight is 491 g/mol. The summed E-state index contributed by atoms with van der Waals surface area (Å²) in [6.45, 7) is 1.84. The van der Waals surface area contributed by atoms with Crippen molar-refractivity contribution in [3.63, 3.8) is 0 Å². The highest BCUT2D eigenvalue weighted by molar-refractivity contribution is 7.90. The first kappa shape index (κ1) is 23.6. The van der Waals surface area contributed by atoms with Gasteiger partial charge in [-0.3, -0.25) is 0 Å². The van der Waals surface area contributed by atoms with Crippen molar-refractivity contribution < 1.29 is 17.9 Å². The number of aliphatic imine (C=N–C) groups is 1. The summed E-state index contributed by atoms with van der Waals surface area (Å²) in [4.78, 5) is 21.1. The molecule has 0 radical (unpaired) electrons. The number of nitrogens with zero attached hydrogens (tertiary/aromatic N) is 3. The third-order valence-corrected chi connectivity index (χ3v) is 6.23. The van der Waals surface area contributed by atoms with E-state index in [1.54, 1.807) is 43.3 Å². The van der Waals surface area contributed by atoms with Crippen molar-refractivity contribution in [2.75, 3.05) is 12.9 Å². The van der Waals surface area contributed by atoms with Crippen LogP contribution in [0.4, 0.5) is 5.69 Å². The van der Waals surface area contributed by atoms with Crippen molar-refractivity contribution in [2.24, 2.45) is 10.7 Å². The first-order valence-electron chi connectivity index (χ1n) is 9.31. The summed E-state index contributed by atoms with van der Waals surface area (Å²) in [5, 5.41) is 0.760. The summed E-state index contributed by atoms with van der Waals surface area (Å²) >= 11 is 7.25. The van der Waals surface area contributed by atoms with Crippen LogP contribution in [0.5, 0.6) is 0 Å². The summed E-state index contributed by atoms with van der Waals surface area (Å²) in [5.74, 6) is -0.379. The lowest BCUT2D eigenvalue weighted by atomic mass is 10.2. The van der Waals surface area contributed by atoms with Gasteiger partial charge in [0.25, 0.3) is 0 Å². The molecule has 32 heavy (non-hydrogen) atoms. The van der Waals surface area contributed by atoms with Crippen molar-refractivity contribution in [1.82, 2.24) is 9.36 Å². The summed E-state index contributed by atoms with van der Waals surface area (Å²) in [5.41, 5.74) is 6.95. The Morgan fingerprint density at radius 3 is 2.69 bits per heavy atom. The predicted octanol–water partition coefficient (Wildman–Crippen LogP) is 3.79. The second-order valence-corrected chi connectivity index (χ2v) is 9.67. The molecule has 3 aromatic rings. The predicted molar refractivity (Wildman–Crippen MR) is 125 cm³/mol. The molecule has 0 amide bonds. The molecule has 0 unspecified atom stereocenters. The van der Waals surface area contributed by atoms with Gasteiger partial charge in [-0.05, 0) is 48.8 Å². The van der Waals surface area contributed by atoms with E-state index in [9.17, 15) is 13.2 Å². The molecule has 0 saturated carbocycles. The molecule has 3 rings (SSSR count). The molecule has 0 aliphatic carbocycles. The number of esters is 1. The van der Waals surface area contributed by atoms with Crippen LogP contribution in [-0.4, -0.2) is 42.3 Å². The van der Waals surface area contributed by atoms with E-state index in [-0.39, 0.29) is 22.9 Å². The molecule has 1 heterocycles. The molecule has 0 bridgehead atoms. The molecule has 0 fully saturated rings. The highest BCUT2D eigenvalue weighted by Gasteiger charge is 2.16. The van der Waals surface area contributed by atoms with E-state index in [0.717, 1.165) is 17.8 Å². The Balaban J connectivity index is 2.07. The molecule has 166 valence electrons. The third-order valence-electron chi connectivity index (χ3n) is 4.06. The molecule has 0 spiro atoms. The minimum Gasteiger partial charge on any atom is -0.461 e. The van der Waals surface area contributed by atoms with Crippen molar-refractivity contribution in [1.29, 1.82) is 0 Å². The number of benzene rings is 2. The smallest absolute Gasteiger partial charge is 0.354 e. The third kappa shape index (κ3) is 5.78. The fraction of sp³-hybridized carbons (Fsp3) is 0.143. The van der Waals surface area contributed by atoms with Crippen LogP contribution in [0.1, 0.15) is 11.9 Å². The van der Waals surface area contributed by atoms with Gasteiger partial charge in [0.1, 0.15) is 11.4 Å². The van der Waals surface area contributed by atoms with Gasteiger partial charge in [-0.1, -0.05) is 35.9 Å². The second-order valence-electron chi connectivity index (χ2n) is 6.49. The molecular formula is C21H19ClN4O4S2. The monoisotopic (exact) mass is 490 g/mol. The molecule has 0 aliphatic heterocycles. The quantitative estimate of drug-likeness (QED) is 0.303. The number of para-hydroxylation sites is 1. The van der Waals surface area contributed by atoms with Gasteiger partial charge in [0, 0.05) is 11.8 Å². The minimum atomic E-state index is -3.39. The molecule has 2 aromatic carbocycles. The van der Waals surface area contributed by atoms with Crippen LogP contribution >= 0.6 is 23.1 Å². The van der Waals surface area contributed by atoms with Crippen LogP contribution < -0.4 is 5.73 Å². The summed E-state index contributed by atoms with van der Waals surface area (Å²) in [6, 6.07) is 13.2. The lowest BCUT2D eigenvalue weighted by Gasteiger charge is -2.04. The van der Waals surface area contributed by atoms with Crippen LogP contribution in [0.15, 0.2) is 70.2 Å². The molecule has 8 nitrogen and oxygen atoms in total. The van der Waals surface area contributed by atoms with E-state index in [1.807, 2.05) is 0 Å². The van der Waals surface area contributed by atoms with Crippen molar-refractivity contribution >= 4 is 50.3 Å². The number of nitrogens with two attached hydrogens (primary N) is 1. The van der Waals surface area contributed by atoms with E-state index in [4.69, 9.17) is 22.1 Å². The van der Waals surface area contributed by atoms with E-state index >= 15 is 0 Å². The summed E-state index contributed by atoms with van der Waals surface area (Å²) in [7, 11) is -3.39. The number of allylic oxidation sites excluding steroid dienone is 1. The van der Waals surface area contributed by atoms with Gasteiger partial charge in [0.15, 0.2) is 20.7 Å². The number of rotatable bonds is 7. The van der Waals surface area contributed by atoms with Crippen molar-refractivity contribution in [3.8, 4) is 11.4 Å². The molecule has 0 atom stereocenters. The van der Waals surface area contributed by atoms with Crippen LogP contribution in [-0.2, 0) is 19.4 Å². The molecule has 11 heteroatoms. The van der Waals surface area contributed by atoms with Gasteiger partial charge >= 0.3 is 5.97 Å². The molecule has 0 aliphatic rings. The summed E-state index contributed by atoms with van der Waals surface area (Å²) in [6.07, 6.45) is 2.47. The number of carbonyl (C=O) groups is 1. The van der Waals surface area contributed by atoms with E-state index < -0.39 is 15.8 Å². The maximum atomic E-state index is 12.0. The highest BCUT2D eigenvalue weighted by Crippen LogP contribution is 2.27. The SMILES string of the molecule is CCOC(=O)C(N)=CC(=Nc1ccccc1Cl)c1nc(-c2cccc(S(C)(=O)=O)c2)ns1. The number of halogens is 1. The lowest BCUT2D eigenvalue weighted by molar-refractivity contribution is -0.138. The number of hydrogen-bond acceptors (Lipinski definition) is 9. The second kappa shape index (κ2) is 10.0. The standard InChI is InChI=1S/C21H19ClN4O4S2/c1-3-30-21(27)16(23)12-18(24-17-10-5-4-9-15(17)22)20-25-19(26-31-20)13-7-6-8-14(11-13)32(2,28)29/h4-12H,3,23H2,1-2H3. The van der Waals surface area contributed by atoms with Crippen LogP contribution in [0.3, 0.4) is 0 Å². The minimum absolute atomic E-state index is 0.155. The Kier molecular flexibility index (Phi) is 7.39. The van der Waals surface area contributed by atoms with E-state index in [0.29, 0.717) is 27.1 Å². The van der Waals surface area contributed by atoms with Gasteiger partial charge in [0.05, 0.1) is 22.2 Å². The lowest BCUT2D eigenvalue weighted by Crippen LogP contribution is -2.16. The Bertz CT molecular complexity index is 1320. The fourth-order valence-electron chi connectivity index (χ4n) is 2.55. The fourth-order valence-corrected chi connectivity index (χ4v) is 4.03. The number of carbonyl (C=O) groups excluding carboxylic acids is 1. The topological polar surface area (TPSA) is 125 Å². The number of ether oxygens (including phenoxy) is 1. The van der Waals surface area contributed by atoms with Gasteiger partial charge in [-0.15, -0.1) is 0 Å².